The second-order valence-electron chi connectivity index (χ2n) is 7.27. The van der Waals surface area contributed by atoms with Crippen LogP contribution >= 0.6 is 11.3 Å². The summed E-state index contributed by atoms with van der Waals surface area (Å²) in [5, 5.41) is 1.24. The Hall–Kier alpha value is -2.27. The number of aromatic amines is 1. The largest absolute Gasteiger partial charge is 0.497 e. The van der Waals surface area contributed by atoms with E-state index < -0.39 is 0 Å². The van der Waals surface area contributed by atoms with Crippen molar-refractivity contribution in [3.8, 4) is 5.75 Å². The molecule has 3 aromatic rings. The molecule has 2 aromatic heterocycles. The predicted octanol–water partition coefficient (Wildman–Crippen LogP) is 5.13. The Labute approximate surface area is 164 Å². The van der Waals surface area contributed by atoms with Crippen molar-refractivity contribution in [3.63, 3.8) is 0 Å². The molecule has 0 bridgehead atoms. The minimum atomic E-state index is 0.196. The monoisotopic (exact) mass is 382 g/mol. The molecule has 1 saturated heterocycles. The summed E-state index contributed by atoms with van der Waals surface area (Å²) in [4.78, 5) is 20.4. The Balaban J connectivity index is 1.48. The van der Waals surface area contributed by atoms with Gasteiger partial charge in [-0.2, -0.15) is 0 Å². The van der Waals surface area contributed by atoms with Gasteiger partial charge in [0.25, 0.3) is 5.91 Å². The number of hydrogen-bond donors (Lipinski definition) is 1. The molecule has 0 saturated carbocycles. The van der Waals surface area contributed by atoms with Crippen molar-refractivity contribution >= 4 is 28.1 Å². The number of nitrogens with zero attached hydrogens (tertiary/aromatic N) is 1. The van der Waals surface area contributed by atoms with Gasteiger partial charge in [0.2, 0.25) is 0 Å². The Kier molecular flexibility index (Phi) is 4.96. The van der Waals surface area contributed by atoms with E-state index >= 15 is 0 Å². The van der Waals surface area contributed by atoms with Gasteiger partial charge in [0.1, 0.15) is 5.75 Å². The Bertz CT molecular complexity index is 964. The van der Waals surface area contributed by atoms with Gasteiger partial charge in [-0.25, -0.2) is 0 Å². The average molecular weight is 383 g/mol. The quantitative estimate of drug-likeness (QED) is 0.680. The first-order valence-electron chi connectivity index (χ1n) is 9.64. The fourth-order valence-electron chi connectivity index (χ4n) is 4.11. The molecule has 5 heteroatoms. The van der Waals surface area contributed by atoms with Gasteiger partial charge in [0, 0.05) is 35.1 Å². The maximum absolute atomic E-state index is 12.9. The van der Waals surface area contributed by atoms with Crippen LogP contribution in [0.1, 0.15) is 51.4 Å². The molecular formula is C22H26N2O2S. The Morgan fingerprint density at radius 1 is 1.30 bits per heavy atom. The smallest absolute Gasteiger partial charge is 0.263 e. The van der Waals surface area contributed by atoms with E-state index in [1.165, 1.54) is 21.4 Å². The molecule has 3 heterocycles. The maximum Gasteiger partial charge on any atom is 0.263 e. The molecule has 4 nitrogen and oxygen atoms in total. The van der Waals surface area contributed by atoms with E-state index in [9.17, 15) is 4.79 Å². The number of likely N-dealkylation sites (tertiary alicyclic amines) is 1. The van der Waals surface area contributed by atoms with Crippen LogP contribution < -0.4 is 4.74 Å². The van der Waals surface area contributed by atoms with Crippen LogP contribution in [-0.2, 0) is 6.42 Å². The summed E-state index contributed by atoms with van der Waals surface area (Å²) in [6, 6.07) is 8.25. The molecule has 0 aliphatic carbocycles. The number of aromatic nitrogens is 1. The molecule has 1 aliphatic heterocycles. The lowest BCUT2D eigenvalue weighted by Crippen LogP contribution is -2.37. The van der Waals surface area contributed by atoms with Crippen LogP contribution in [0.5, 0.6) is 5.75 Å². The number of aryl methyl sites for hydroxylation is 2. The molecule has 0 spiro atoms. The minimum absolute atomic E-state index is 0.196. The number of amides is 1. The number of carbonyl (C=O) groups excluding carboxylic acids is 1. The normalized spacial score (nSPS) is 15.4. The number of thiophene rings is 1. The zero-order chi connectivity index (χ0) is 19.0. The van der Waals surface area contributed by atoms with Crippen LogP contribution in [-0.4, -0.2) is 36.0 Å². The standard InChI is InChI=1S/C22H26N2O2S/c1-4-15-11-21(27-14(15)2)22(25)24-9-7-16(8-10-24)19-13-23-20-6-5-17(26-3)12-18(19)20/h5-6,11-13,16,23H,4,7-10H2,1-3H3. The summed E-state index contributed by atoms with van der Waals surface area (Å²) in [6.07, 6.45) is 5.12. The van der Waals surface area contributed by atoms with Gasteiger partial charge in [0.05, 0.1) is 12.0 Å². The minimum Gasteiger partial charge on any atom is -0.497 e. The first-order chi connectivity index (χ1) is 13.1. The highest BCUT2D eigenvalue weighted by Crippen LogP contribution is 2.35. The van der Waals surface area contributed by atoms with Gasteiger partial charge in [-0.1, -0.05) is 6.92 Å². The molecule has 1 fully saturated rings. The second kappa shape index (κ2) is 7.39. The molecule has 142 valence electrons. The lowest BCUT2D eigenvalue weighted by molar-refractivity contribution is 0.0718. The molecule has 0 unspecified atom stereocenters. The number of H-pyrrole nitrogens is 1. The SMILES string of the molecule is CCc1cc(C(=O)N2CCC(c3c[nH]c4ccc(OC)cc34)CC2)sc1C. The third kappa shape index (κ3) is 3.36. The van der Waals surface area contributed by atoms with E-state index in [1.54, 1.807) is 18.4 Å². The number of fused-ring (bicyclic) bond motifs is 1. The highest BCUT2D eigenvalue weighted by atomic mass is 32.1. The average Bonchev–Trinajstić information content (AvgIpc) is 3.30. The second-order valence-corrected chi connectivity index (χ2v) is 8.52. The molecule has 1 aromatic carbocycles. The van der Waals surface area contributed by atoms with Crippen LogP contribution in [0.4, 0.5) is 0 Å². The number of hydrogen-bond acceptors (Lipinski definition) is 3. The molecule has 1 aliphatic rings. The summed E-state index contributed by atoms with van der Waals surface area (Å²) in [5.41, 5.74) is 3.78. The van der Waals surface area contributed by atoms with Crippen molar-refractivity contribution < 1.29 is 9.53 Å². The zero-order valence-electron chi connectivity index (χ0n) is 16.2. The van der Waals surface area contributed by atoms with E-state index in [2.05, 4.69) is 43.2 Å². The van der Waals surface area contributed by atoms with E-state index in [4.69, 9.17) is 4.74 Å². The fraction of sp³-hybridized carbons (Fsp3) is 0.409. The van der Waals surface area contributed by atoms with Crippen molar-refractivity contribution in [2.24, 2.45) is 0 Å². The van der Waals surface area contributed by atoms with E-state index in [1.807, 2.05) is 11.0 Å². The maximum atomic E-state index is 12.9. The van der Waals surface area contributed by atoms with Gasteiger partial charge >= 0.3 is 0 Å². The van der Waals surface area contributed by atoms with E-state index in [-0.39, 0.29) is 5.91 Å². The summed E-state index contributed by atoms with van der Waals surface area (Å²) < 4.78 is 5.39. The first-order valence-corrected chi connectivity index (χ1v) is 10.5. The summed E-state index contributed by atoms with van der Waals surface area (Å²) in [5.74, 6) is 1.56. The summed E-state index contributed by atoms with van der Waals surface area (Å²) in [6.45, 7) is 5.89. The number of benzene rings is 1. The lowest BCUT2D eigenvalue weighted by atomic mass is 9.89. The number of methoxy groups -OCH3 is 1. The summed E-state index contributed by atoms with van der Waals surface area (Å²) in [7, 11) is 1.70. The van der Waals surface area contributed by atoms with Crippen molar-refractivity contribution in [1.82, 2.24) is 9.88 Å². The highest BCUT2D eigenvalue weighted by molar-refractivity contribution is 7.14. The molecule has 4 rings (SSSR count). The van der Waals surface area contributed by atoms with Crippen LogP contribution in [0.2, 0.25) is 0 Å². The van der Waals surface area contributed by atoms with Gasteiger partial charge in [-0.3, -0.25) is 4.79 Å². The molecule has 27 heavy (non-hydrogen) atoms. The first kappa shape index (κ1) is 18.1. The third-order valence-corrected chi connectivity index (χ3v) is 6.84. The van der Waals surface area contributed by atoms with E-state index in [0.717, 1.165) is 48.5 Å². The number of piperidine rings is 1. The Morgan fingerprint density at radius 2 is 2.07 bits per heavy atom. The molecule has 0 radical (unpaired) electrons. The van der Waals surface area contributed by atoms with Crippen LogP contribution in [0, 0.1) is 6.92 Å². The topological polar surface area (TPSA) is 45.3 Å². The van der Waals surface area contributed by atoms with Crippen molar-refractivity contribution in [3.05, 3.63) is 51.3 Å². The molecule has 1 N–H and O–H groups in total. The fourth-order valence-corrected chi connectivity index (χ4v) is 5.19. The van der Waals surface area contributed by atoms with Crippen molar-refractivity contribution in [1.29, 1.82) is 0 Å². The highest BCUT2D eigenvalue weighted by Gasteiger charge is 2.27. The van der Waals surface area contributed by atoms with Crippen molar-refractivity contribution in [2.75, 3.05) is 20.2 Å². The predicted molar refractivity (Wildman–Crippen MR) is 111 cm³/mol. The molecule has 0 atom stereocenters. The van der Waals surface area contributed by atoms with Gasteiger partial charge in [-0.05, 0) is 67.5 Å². The zero-order valence-corrected chi connectivity index (χ0v) is 17.0. The van der Waals surface area contributed by atoms with Crippen LogP contribution in [0.15, 0.2) is 30.5 Å². The number of nitrogens with one attached hydrogen (secondary N) is 1. The molecule has 1 amide bonds. The number of carbonyl (C=O) groups is 1. The van der Waals surface area contributed by atoms with Gasteiger partial charge < -0.3 is 14.6 Å². The van der Waals surface area contributed by atoms with Crippen LogP contribution in [0.25, 0.3) is 10.9 Å². The van der Waals surface area contributed by atoms with Crippen molar-refractivity contribution in [2.45, 2.75) is 39.0 Å². The summed E-state index contributed by atoms with van der Waals surface area (Å²) >= 11 is 1.64. The molecular weight excluding hydrogens is 356 g/mol. The Morgan fingerprint density at radius 3 is 2.74 bits per heavy atom. The van der Waals surface area contributed by atoms with Gasteiger partial charge in [-0.15, -0.1) is 11.3 Å². The number of rotatable bonds is 4. The van der Waals surface area contributed by atoms with Crippen LogP contribution in [0.3, 0.4) is 0 Å². The lowest BCUT2D eigenvalue weighted by Gasteiger charge is -2.31. The third-order valence-electron chi connectivity index (χ3n) is 5.76. The van der Waals surface area contributed by atoms with Gasteiger partial charge in [0.15, 0.2) is 0 Å². The van der Waals surface area contributed by atoms with E-state index in [0.29, 0.717) is 5.92 Å². The number of ether oxygens (including phenoxy) is 1.